The van der Waals surface area contributed by atoms with Crippen LogP contribution in [0.5, 0.6) is 0 Å². The summed E-state index contributed by atoms with van der Waals surface area (Å²) in [6.45, 7) is 4.15. The number of ether oxygens (including phenoxy) is 1. The Bertz CT molecular complexity index is 271. The molecule has 6 nitrogen and oxygen atoms in total. The molecule has 3 N–H and O–H groups in total. The Hall–Kier alpha value is -1.30. The van der Waals surface area contributed by atoms with Gasteiger partial charge in [0.15, 0.2) is 0 Å². The van der Waals surface area contributed by atoms with Crippen molar-refractivity contribution in [1.82, 2.24) is 10.2 Å². The third-order valence-electron chi connectivity index (χ3n) is 2.76. The SMILES string of the molecule is CCOC(=O)N1CCCC(C(=O)NCCN)C1. The Balaban J connectivity index is 2.42. The molecule has 1 atom stereocenters. The van der Waals surface area contributed by atoms with Gasteiger partial charge in [-0.3, -0.25) is 4.79 Å². The van der Waals surface area contributed by atoms with Gasteiger partial charge in [-0.25, -0.2) is 4.79 Å². The predicted octanol–water partition coefficient (Wildman–Crippen LogP) is -0.0702. The van der Waals surface area contributed by atoms with E-state index in [2.05, 4.69) is 5.32 Å². The van der Waals surface area contributed by atoms with Gasteiger partial charge < -0.3 is 20.7 Å². The number of hydrogen-bond donors (Lipinski definition) is 2. The lowest BCUT2D eigenvalue weighted by Gasteiger charge is -2.31. The minimum atomic E-state index is -0.330. The van der Waals surface area contributed by atoms with Crippen molar-refractivity contribution < 1.29 is 14.3 Å². The molecule has 2 amide bonds. The predicted molar refractivity (Wildman–Crippen MR) is 63.4 cm³/mol. The van der Waals surface area contributed by atoms with E-state index in [-0.39, 0.29) is 17.9 Å². The number of nitrogens with zero attached hydrogens (tertiary/aromatic N) is 1. The number of amides is 2. The Kier molecular flexibility index (Phi) is 5.76. The van der Waals surface area contributed by atoms with Crippen LogP contribution in [0.25, 0.3) is 0 Å². The lowest BCUT2D eigenvalue weighted by atomic mass is 9.97. The molecule has 1 fully saturated rings. The average molecular weight is 243 g/mol. The van der Waals surface area contributed by atoms with Crippen molar-refractivity contribution in [3.8, 4) is 0 Å². The molecule has 0 saturated carbocycles. The number of piperidine rings is 1. The van der Waals surface area contributed by atoms with Crippen molar-refractivity contribution in [2.45, 2.75) is 19.8 Å². The molecule has 0 aromatic carbocycles. The van der Waals surface area contributed by atoms with Gasteiger partial charge in [-0.15, -0.1) is 0 Å². The van der Waals surface area contributed by atoms with Gasteiger partial charge in [0.25, 0.3) is 0 Å². The molecule has 1 aliphatic rings. The van der Waals surface area contributed by atoms with Crippen molar-refractivity contribution in [2.24, 2.45) is 11.7 Å². The van der Waals surface area contributed by atoms with Crippen LogP contribution in [0.3, 0.4) is 0 Å². The maximum Gasteiger partial charge on any atom is 0.409 e. The zero-order valence-corrected chi connectivity index (χ0v) is 10.3. The lowest BCUT2D eigenvalue weighted by Crippen LogP contribution is -2.46. The summed E-state index contributed by atoms with van der Waals surface area (Å²) in [5.41, 5.74) is 5.32. The summed E-state index contributed by atoms with van der Waals surface area (Å²) in [6, 6.07) is 0. The highest BCUT2D eigenvalue weighted by Crippen LogP contribution is 2.17. The molecule has 0 aromatic heterocycles. The number of nitrogens with two attached hydrogens (primary N) is 1. The highest BCUT2D eigenvalue weighted by molar-refractivity contribution is 5.79. The molecule has 0 aliphatic carbocycles. The summed E-state index contributed by atoms with van der Waals surface area (Å²) in [6.07, 6.45) is 1.31. The molecule has 1 saturated heterocycles. The average Bonchev–Trinajstić information content (AvgIpc) is 2.36. The molecule has 1 rings (SSSR count). The monoisotopic (exact) mass is 243 g/mol. The van der Waals surface area contributed by atoms with Crippen LogP contribution in [0.2, 0.25) is 0 Å². The van der Waals surface area contributed by atoms with Gasteiger partial charge in [-0.1, -0.05) is 0 Å². The maximum atomic E-state index is 11.7. The summed E-state index contributed by atoms with van der Waals surface area (Å²) in [4.78, 5) is 24.9. The summed E-state index contributed by atoms with van der Waals surface area (Å²) in [7, 11) is 0. The second kappa shape index (κ2) is 7.11. The van der Waals surface area contributed by atoms with Crippen molar-refractivity contribution in [3.63, 3.8) is 0 Å². The van der Waals surface area contributed by atoms with Crippen molar-refractivity contribution in [3.05, 3.63) is 0 Å². The summed E-state index contributed by atoms with van der Waals surface area (Å²) < 4.78 is 4.93. The van der Waals surface area contributed by atoms with Crippen LogP contribution in [-0.2, 0) is 9.53 Å². The standard InChI is InChI=1S/C11H21N3O3/c1-2-17-11(16)14-7-3-4-9(8-14)10(15)13-6-5-12/h9H,2-8,12H2,1H3,(H,13,15). The minimum Gasteiger partial charge on any atom is -0.450 e. The van der Waals surface area contributed by atoms with Crippen LogP contribution >= 0.6 is 0 Å². The van der Waals surface area contributed by atoms with Gasteiger partial charge in [0, 0.05) is 26.2 Å². The molecular weight excluding hydrogens is 222 g/mol. The van der Waals surface area contributed by atoms with Gasteiger partial charge in [-0.2, -0.15) is 0 Å². The summed E-state index contributed by atoms with van der Waals surface area (Å²) in [5.74, 6) is -0.163. The van der Waals surface area contributed by atoms with E-state index in [1.807, 2.05) is 0 Å². The van der Waals surface area contributed by atoms with Crippen LogP contribution in [0, 0.1) is 5.92 Å². The number of rotatable bonds is 4. The Morgan fingerprint density at radius 3 is 2.94 bits per heavy atom. The van der Waals surface area contributed by atoms with Crippen LogP contribution in [0.1, 0.15) is 19.8 Å². The third kappa shape index (κ3) is 4.22. The van der Waals surface area contributed by atoms with Crippen molar-refractivity contribution in [2.75, 3.05) is 32.8 Å². The maximum absolute atomic E-state index is 11.7. The highest BCUT2D eigenvalue weighted by Gasteiger charge is 2.28. The molecule has 0 radical (unpaired) electrons. The fraction of sp³-hybridized carbons (Fsp3) is 0.818. The van der Waals surface area contributed by atoms with E-state index in [4.69, 9.17) is 10.5 Å². The molecule has 98 valence electrons. The zero-order valence-electron chi connectivity index (χ0n) is 10.3. The molecule has 0 spiro atoms. The van der Waals surface area contributed by atoms with Crippen LogP contribution in [-0.4, -0.2) is 49.7 Å². The van der Waals surface area contributed by atoms with E-state index in [1.165, 1.54) is 0 Å². The van der Waals surface area contributed by atoms with E-state index in [9.17, 15) is 9.59 Å². The van der Waals surface area contributed by atoms with E-state index in [1.54, 1.807) is 11.8 Å². The Labute approximate surface area is 101 Å². The molecule has 1 unspecified atom stereocenters. The van der Waals surface area contributed by atoms with Crippen LogP contribution < -0.4 is 11.1 Å². The lowest BCUT2D eigenvalue weighted by molar-refractivity contribution is -0.126. The smallest absolute Gasteiger partial charge is 0.409 e. The van der Waals surface area contributed by atoms with E-state index >= 15 is 0 Å². The molecule has 1 heterocycles. The second-order valence-corrected chi connectivity index (χ2v) is 4.06. The van der Waals surface area contributed by atoms with Gasteiger partial charge in [0.1, 0.15) is 0 Å². The normalized spacial score (nSPS) is 19.9. The van der Waals surface area contributed by atoms with Gasteiger partial charge in [0.05, 0.1) is 12.5 Å². The first-order valence-corrected chi connectivity index (χ1v) is 6.08. The quantitative estimate of drug-likeness (QED) is 0.724. The van der Waals surface area contributed by atoms with Gasteiger partial charge in [-0.05, 0) is 19.8 Å². The van der Waals surface area contributed by atoms with Crippen LogP contribution in [0.15, 0.2) is 0 Å². The fourth-order valence-corrected chi connectivity index (χ4v) is 1.91. The van der Waals surface area contributed by atoms with E-state index < -0.39 is 0 Å². The first-order chi connectivity index (χ1) is 8.19. The summed E-state index contributed by atoms with van der Waals surface area (Å²) >= 11 is 0. The molecule has 6 heteroatoms. The summed E-state index contributed by atoms with van der Waals surface area (Å²) in [5, 5.41) is 2.75. The first kappa shape index (κ1) is 13.8. The molecular formula is C11H21N3O3. The van der Waals surface area contributed by atoms with E-state index in [0.717, 1.165) is 12.8 Å². The zero-order chi connectivity index (χ0) is 12.7. The largest absolute Gasteiger partial charge is 0.450 e. The van der Waals surface area contributed by atoms with Crippen LogP contribution in [0.4, 0.5) is 4.79 Å². The van der Waals surface area contributed by atoms with Crippen molar-refractivity contribution in [1.29, 1.82) is 0 Å². The number of likely N-dealkylation sites (tertiary alicyclic amines) is 1. The Morgan fingerprint density at radius 2 is 2.29 bits per heavy atom. The second-order valence-electron chi connectivity index (χ2n) is 4.06. The topological polar surface area (TPSA) is 84.7 Å². The number of hydrogen-bond acceptors (Lipinski definition) is 4. The molecule has 17 heavy (non-hydrogen) atoms. The van der Waals surface area contributed by atoms with Gasteiger partial charge >= 0.3 is 6.09 Å². The minimum absolute atomic E-state index is 0.0237. The highest BCUT2D eigenvalue weighted by atomic mass is 16.6. The van der Waals surface area contributed by atoms with Gasteiger partial charge in [0.2, 0.25) is 5.91 Å². The first-order valence-electron chi connectivity index (χ1n) is 6.08. The Morgan fingerprint density at radius 1 is 1.53 bits per heavy atom. The third-order valence-corrected chi connectivity index (χ3v) is 2.76. The molecule has 1 aliphatic heterocycles. The number of carbonyl (C=O) groups is 2. The molecule has 0 aromatic rings. The molecule has 0 bridgehead atoms. The van der Waals surface area contributed by atoms with Crippen molar-refractivity contribution >= 4 is 12.0 Å². The number of carbonyl (C=O) groups excluding carboxylic acids is 2. The van der Waals surface area contributed by atoms with E-state index in [0.29, 0.717) is 32.8 Å². The number of nitrogens with one attached hydrogen (secondary N) is 1. The fourth-order valence-electron chi connectivity index (χ4n) is 1.91.